The van der Waals surface area contributed by atoms with E-state index < -0.39 is 18.5 Å². The number of aliphatic carboxylic acids is 1. The van der Waals surface area contributed by atoms with Crippen LogP contribution in [0.3, 0.4) is 0 Å². The van der Waals surface area contributed by atoms with Crippen LogP contribution in [-0.2, 0) is 14.3 Å². The third-order valence-electron chi connectivity index (χ3n) is 6.59. The van der Waals surface area contributed by atoms with Crippen LogP contribution in [-0.4, -0.2) is 60.9 Å². The Hall–Kier alpha value is -3.64. The summed E-state index contributed by atoms with van der Waals surface area (Å²) in [5, 5.41) is 11.5. The molecule has 2 aromatic heterocycles. The van der Waals surface area contributed by atoms with Gasteiger partial charge in [0.15, 0.2) is 5.13 Å². The van der Waals surface area contributed by atoms with Gasteiger partial charge in [-0.3, -0.25) is 14.5 Å². The number of pyridine rings is 1. The van der Waals surface area contributed by atoms with Crippen LogP contribution in [0.15, 0.2) is 41.9 Å². The van der Waals surface area contributed by atoms with Crippen molar-refractivity contribution in [2.75, 3.05) is 32.3 Å². The minimum Gasteiger partial charge on any atom is -0.481 e. The smallest absolute Gasteiger partial charge is 0.387 e. The highest BCUT2D eigenvalue weighted by Crippen LogP contribution is 2.38. The van der Waals surface area contributed by atoms with E-state index in [1.54, 1.807) is 36.8 Å². The van der Waals surface area contributed by atoms with Gasteiger partial charge in [0.05, 0.1) is 19.2 Å². The number of nitrogens with zero attached hydrogens (tertiary/aromatic N) is 3. The van der Waals surface area contributed by atoms with Gasteiger partial charge in [-0.2, -0.15) is 8.78 Å². The third-order valence-corrected chi connectivity index (χ3v) is 7.50. The number of ether oxygens (including phenoxy) is 3. The number of hydrogen-bond acceptors (Lipinski definition) is 8. The van der Waals surface area contributed by atoms with E-state index in [9.17, 15) is 23.5 Å². The molecule has 3 heterocycles. The summed E-state index contributed by atoms with van der Waals surface area (Å²) >= 11 is 1.19. The minimum atomic E-state index is -3.00. The largest absolute Gasteiger partial charge is 0.481 e. The number of carboxylic acid groups (broad SMARTS) is 1. The summed E-state index contributed by atoms with van der Waals surface area (Å²) in [4.78, 5) is 35.2. The van der Waals surface area contributed by atoms with Crippen molar-refractivity contribution in [2.45, 2.75) is 32.3 Å². The highest BCUT2D eigenvalue weighted by Gasteiger charge is 2.30. The van der Waals surface area contributed by atoms with Gasteiger partial charge in [0, 0.05) is 54.9 Å². The fraction of sp³-hybridized carbons (Fsp3) is 0.407. The summed E-state index contributed by atoms with van der Waals surface area (Å²) in [7, 11) is 3.07. The van der Waals surface area contributed by atoms with Crippen LogP contribution >= 0.6 is 11.3 Å². The van der Waals surface area contributed by atoms with Gasteiger partial charge in [0.2, 0.25) is 11.8 Å². The molecule has 1 atom stereocenters. The zero-order chi connectivity index (χ0) is 27.9. The first kappa shape index (κ1) is 28.4. The number of methoxy groups -OCH3 is 1. The molecule has 0 aliphatic carbocycles. The van der Waals surface area contributed by atoms with Crippen LogP contribution in [0.5, 0.6) is 11.6 Å². The molecule has 9 nitrogen and oxygen atoms in total. The molecule has 4 rings (SSSR count). The summed E-state index contributed by atoms with van der Waals surface area (Å²) in [6, 6.07) is 8.01. The number of benzene rings is 1. The highest BCUT2D eigenvalue weighted by atomic mass is 32.1. The first-order valence-electron chi connectivity index (χ1n) is 12.4. The lowest BCUT2D eigenvalue weighted by Gasteiger charge is -2.27. The summed E-state index contributed by atoms with van der Waals surface area (Å²) in [5.74, 6) is -1.48. The zero-order valence-electron chi connectivity index (χ0n) is 21.5. The molecule has 1 aromatic carbocycles. The Morgan fingerprint density at radius 3 is 2.62 bits per heavy atom. The number of halogens is 2. The molecular formula is C27H29F2N3O6S. The standard InChI is InChI=1S/C27H29F2N3O6S/c1-32(25(35)18(12-24(33)34)11-16-7-9-37-10-8-16)27-31-22(15-39-27)21-13-19(38-26(28)29)4-5-20(21)17-3-6-23(36-2)30-14-17/h3-6,13-16,18,26H,7-12H2,1-2H3,(H,33,34). The first-order chi connectivity index (χ1) is 18.7. The predicted molar refractivity (Wildman–Crippen MR) is 141 cm³/mol. The van der Waals surface area contributed by atoms with Gasteiger partial charge in [-0.1, -0.05) is 0 Å². The lowest BCUT2D eigenvalue weighted by Crippen LogP contribution is -2.35. The molecule has 1 amide bonds. The van der Waals surface area contributed by atoms with Crippen molar-refractivity contribution in [3.05, 3.63) is 41.9 Å². The van der Waals surface area contributed by atoms with Gasteiger partial charge >= 0.3 is 12.6 Å². The Morgan fingerprint density at radius 1 is 1.21 bits per heavy atom. The fourth-order valence-electron chi connectivity index (χ4n) is 4.60. The number of thiazole rings is 1. The second kappa shape index (κ2) is 12.9. The minimum absolute atomic E-state index is 0.0396. The van der Waals surface area contributed by atoms with E-state index in [-0.39, 0.29) is 24.0 Å². The number of aromatic nitrogens is 2. The molecule has 1 N–H and O–H groups in total. The van der Waals surface area contributed by atoms with Crippen LogP contribution in [0.25, 0.3) is 22.4 Å². The topological polar surface area (TPSA) is 111 Å². The Bertz CT molecular complexity index is 1280. The van der Waals surface area contributed by atoms with Gasteiger partial charge in [-0.05, 0) is 55.0 Å². The Morgan fingerprint density at radius 2 is 1.97 bits per heavy atom. The number of anilines is 1. The quantitative estimate of drug-likeness (QED) is 0.334. The normalized spacial score (nSPS) is 14.7. The predicted octanol–water partition coefficient (Wildman–Crippen LogP) is 5.35. The number of carbonyl (C=O) groups excluding carboxylic acids is 1. The molecule has 1 aliphatic rings. The average molecular weight is 562 g/mol. The lowest BCUT2D eigenvalue weighted by atomic mass is 9.86. The molecule has 208 valence electrons. The molecule has 12 heteroatoms. The van der Waals surface area contributed by atoms with Crippen LogP contribution in [0.1, 0.15) is 25.7 Å². The maximum atomic E-state index is 13.4. The first-order valence-corrected chi connectivity index (χ1v) is 13.3. The zero-order valence-corrected chi connectivity index (χ0v) is 22.3. The molecule has 1 unspecified atom stereocenters. The molecule has 0 saturated carbocycles. The van der Waals surface area contributed by atoms with E-state index in [1.807, 2.05) is 0 Å². The number of hydrogen-bond donors (Lipinski definition) is 1. The van der Waals surface area contributed by atoms with Crippen LogP contribution in [0, 0.1) is 11.8 Å². The van der Waals surface area contributed by atoms with E-state index in [2.05, 4.69) is 14.7 Å². The maximum Gasteiger partial charge on any atom is 0.387 e. The van der Waals surface area contributed by atoms with Gasteiger partial charge in [-0.15, -0.1) is 11.3 Å². The fourth-order valence-corrected chi connectivity index (χ4v) is 5.40. The van der Waals surface area contributed by atoms with Crippen molar-refractivity contribution in [3.63, 3.8) is 0 Å². The molecule has 1 saturated heterocycles. The Labute approximate surface area is 228 Å². The Balaban J connectivity index is 1.63. The summed E-state index contributed by atoms with van der Waals surface area (Å²) < 4.78 is 41.0. The van der Waals surface area contributed by atoms with Crippen molar-refractivity contribution >= 4 is 28.3 Å². The van der Waals surface area contributed by atoms with Crippen LogP contribution < -0.4 is 14.4 Å². The molecule has 39 heavy (non-hydrogen) atoms. The van der Waals surface area contributed by atoms with Crippen molar-refractivity contribution in [2.24, 2.45) is 11.8 Å². The van der Waals surface area contributed by atoms with Crippen LogP contribution in [0.4, 0.5) is 13.9 Å². The molecule has 1 fully saturated rings. The number of carboxylic acids is 1. The average Bonchev–Trinajstić information content (AvgIpc) is 3.42. The van der Waals surface area contributed by atoms with Crippen molar-refractivity contribution < 1.29 is 37.7 Å². The number of alkyl halides is 2. The Kier molecular flexibility index (Phi) is 9.41. The summed E-state index contributed by atoms with van der Waals surface area (Å²) in [5.41, 5.74) is 2.32. The van der Waals surface area contributed by atoms with E-state index in [0.29, 0.717) is 53.0 Å². The second-order valence-corrected chi connectivity index (χ2v) is 10.0. The number of amides is 1. The highest BCUT2D eigenvalue weighted by molar-refractivity contribution is 7.14. The number of carbonyl (C=O) groups is 2. The maximum absolute atomic E-state index is 13.4. The molecule has 0 bridgehead atoms. The monoisotopic (exact) mass is 561 g/mol. The van der Waals surface area contributed by atoms with E-state index in [0.717, 1.165) is 12.8 Å². The van der Waals surface area contributed by atoms with Gasteiger partial charge in [0.25, 0.3) is 0 Å². The van der Waals surface area contributed by atoms with E-state index in [4.69, 9.17) is 9.47 Å². The van der Waals surface area contributed by atoms with Crippen molar-refractivity contribution in [3.8, 4) is 34.0 Å². The molecule has 1 aliphatic heterocycles. The third kappa shape index (κ3) is 7.27. The van der Waals surface area contributed by atoms with Gasteiger partial charge in [0.1, 0.15) is 5.75 Å². The van der Waals surface area contributed by atoms with Crippen molar-refractivity contribution in [1.29, 1.82) is 0 Å². The second-order valence-electron chi connectivity index (χ2n) is 9.17. The van der Waals surface area contributed by atoms with Gasteiger partial charge < -0.3 is 19.3 Å². The van der Waals surface area contributed by atoms with Gasteiger partial charge in [-0.25, -0.2) is 9.97 Å². The van der Waals surface area contributed by atoms with E-state index >= 15 is 0 Å². The van der Waals surface area contributed by atoms with Crippen molar-refractivity contribution in [1.82, 2.24) is 9.97 Å². The number of rotatable bonds is 11. The molecule has 0 radical (unpaired) electrons. The molecule has 3 aromatic rings. The SMILES string of the molecule is COc1ccc(-c2ccc(OC(F)F)cc2-c2csc(N(C)C(=O)C(CC(=O)O)CC3CCOCC3)n2)cn1. The lowest BCUT2D eigenvalue weighted by molar-refractivity contribution is -0.141. The molecule has 0 spiro atoms. The summed E-state index contributed by atoms with van der Waals surface area (Å²) in [6.07, 6.45) is 3.35. The summed E-state index contributed by atoms with van der Waals surface area (Å²) in [6.45, 7) is -1.79. The van der Waals surface area contributed by atoms with E-state index in [1.165, 1.54) is 35.5 Å². The molecular weight excluding hydrogens is 532 g/mol. The van der Waals surface area contributed by atoms with Crippen LogP contribution in [0.2, 0.25) is 0 Å².